The molecule has 0 aromatic heterocycles. The summed E-state index contributed by atoms with van der Waals surface area (Å²) < 4.78 is 18.1. The van der Waals surface area contributed by atoms with E-state index in [0.717, 1.165) is 0 Å². The van der Waals surface area contributed by atoms with Gasteiger partial charge >= 0.3 is 5.97 Å². The van der Waals surface area contributed by atoms with Crippen molar-refractivity contribution in [1.82, 2.24) is 0 Å². The lowest BCUT2D eigenvalue weighted by molar-refractivity contribution is -0.265. The van der Waals surface area contributed by atoms with E-state index in [1.807, 2.05) is 20.8 Å². The van der Waals surface area contributed by atoms with E-state index in [-0.39, 0.29) is 30.5 Å². The van der Waals surface area contributed by atoms with E-state index in [1.165, 1.54) is 6.92 Å². The fourth-order valence-corrected chi connectivity index (χ4v) is 6.30. The number of cyclic esters (lactones) is 1. The van der Waals surface area contributed by atoms with Crippen molar-refractivity contribution in [3.8, 4) is 0 Å². The number of aliphatic hydroxyl groups excluding tert-OH is 2. The van der Waals surface area contributed by atoms with Gasteiger partial charge in [-0.05, 0) is 58.3 Å². The number of rotatable bonds is 3. The molecule has 0 spiro atoms. The van der Waals surface area contributed by atoms with Crippen LogP contribution in [0.2, 0.25) is 0 Å². The highest BCUT2D eigenvalue weighted by Crippen LogP contribution is 2.39. The molecule has 2 aliphatic heterocycles. The Kier molecular flexibility index (Phi) is 11.0. The zero-order valence-corrected chi connectivity index (χ0v) is 24.9. The summed E-state index contributed by atoms with van der Waals surface area (Å²) >= 11 is 0. The van der Waals surface area contributed by atoms with Gasteiger partial charge in [-0.2, -0.15) is 0 Å². The Morgan fingerprint density at radius 2 is 1.55 bits per heavy atom. The summed E-state index contributed by atoms with van der Waals surface area (Å²) in [7, 11) is 0. The first-order valence-electron chi connectivity index (χ1n) is 14.2. The second-order valence-electron chi connectivity index (χ2n) is 12.7. The number of hydrogen-bond donors (Lipinski definition) is 4. The van der Waals surface area contributed by atoms with Crippen molar-refractivity contribution in [2.75, 3.05) is 0 Å². The highest BCUT2D eigenvalue weighted by molar-refractivity contribution is 5.83. The first-order chi connectivity index (χ1) is 17.4. The largest absolute Gasteiger partial charge is 0.459 e. The maximum absolute atomic E-state index is 13.5. The van der Waals surface area contributed by atoms with Crippen molar-refractivity contribution in [3.05, 3.63) is 0 Å². The van der Waals surface area contributed by atoms with Gasteiger partial charge in [0.1, 0.15) is 17.5 Å². The molecule has 2 heterocycles. The van der Waals surface area contributed by atoms with Gasteiger partial charge in [-0.3, -0.25) is 9.59 Å². The summed E-state index contributed by atoms with van der Waals surface area (Å²) in [5, 5.41) is 44.2. The van der Waals surface area contributed by atoms with Crippen molar-refractivity contribution in [1.29, 1.82) is 0 Å². The highest BCUT2D eigenvalue weighted by atomic mass is 16.7. The number of ether oxygens (including phenoxy) is 3. The molecule has 0 amide bonds. The van der Waals surface area contributed by atoms with Crippen molar-refractivity contribution < 1.29 is 44.2 Å². The lowest BCUT2D eigenvalue weighted by atomic mass is 9.70. The molecule has 0 saturated carbocycles. The van der Waals surface area contributed by atoms with Crippen LogP contribution in [0.5, 0.6) is 0 Å². The molecule has 9 heteroatoms. The van der Waals surface area contributed by atoms with Crippen LogP contribution in [0, 0.1) is 35.5 Å². The fourth-order valence-electron chi connectivity index (χ4n) is 6.30. The third kappa shape index (κ3) is 6.96. The van der Waals surface area contributed by atoms with Crippen LogP contribution in [0.1, 0.15) is 88.5 Å². The average Bonchev–Trinajstić information content (AvgIpc) is 2.84. The molecule has 0 aromatic carbocycles. The molecule has 0 bridgehead atoms. The van der Waals surface area contributed by atoms with Crippen LogP contribution < -0.4 is 0 Å². The van der Waals surface area contributed by atoms with E-state index in [1.54, 1.807) is 41.5 Å². The maximum atomic E-state index is 13.5. The molecule has 0 aromatic rings. The summed E-state index contributed by atoms with van der Waals surface area (Å²) in [6.45, 7) is 17.2. The summed E-state index contributed by atoms with van der Waals surface area (Å²) in [5.41, 5.74) is -3.18. The predicted octanol–water partition coefficient (Wildman–Crippen LogP) is 2.84. The molecule has 14 atom stereocenters. The molecule has 2 rings (SSSR count). The van der Waals surface area contributed by atoms with E-state index < -0.39 is 77.7 Å². The summed E-state index contributed by atoms with van der Waals surface area (Å²) in [6, 6.07) is 0. The summed E-state index contributed by atoms with van der Waals surface area (Å²) in [6.07, 6.45) is -4.22. The minimum atomic E-state index is -1.88. The topological polar surface area (TPSA) is 143 Å². The smallest absolute Gasteiger partial charge is 0.311 e. The number of carbonyl (C=O) groups is 2. The van der Waals surface area contributed by atoms with Crippen molar-refractivity contribution in [3.63, 3.8) is 0 Å². The van der Waals surface area contributed by atoms with E-state index in [0.29, 0.717) is 6.42 Å². The van der Waals surface area contributed by atoms with Crippen molar-refractivity contribution in [2.24, 2.45) is 35.5 Å². The zero-order valence-electron chi connectivity index (χ0n) is 24.9. The van der Waals surface area contributed by atoms with Crippen LogP contribution in [0.25, 0.3) is 0 Å². The van der Waals surface area contributed by atoms with Gasteiger partial charge in [0.15, 0.2) is 6.29 Å². The monoisotopic (exact) mass is 544 g/mol. The molecule has 9 nitrogen and oxygen atoms in total. The summed E-state index contributed by atoms with van der Waals surface area (Å²) in [5.74, 6) is -4.05. The molecule has 4 N–H and O–H groups in total. The van der Waals surface area contributed by atoms with Gasteiger partial charge in [0.2, 0.25) is 0 Å². The van der Waals surface area contributed by atoms with E-state index in [4.69, 9.17) is 14.2 Å². The predicted molar refractivity (Wildman–Crippen MR) is 142 cm³/mol. The normalized spacial score (nSPS) is 50.3. The Bertz CT molecular complexity index is 800. The SMILES string of the molecule is CC[C@H]1OC(=O)[C@H](C)[C@@H](O[C@H]2C[C@H](C)[C@@H](O)[C@H](C)O2)[C@H](C)[C@@H](C)C(C)(O)C[C@@H](C)C(=O)[C@H](C)[C@@H](O)[C@]1(C)O. The van der Waals surface area contributed by atoms with Gasteiger partial charge < -0.3 is 34.6 Å². The maximum Gasteiger partial charge on any atom is 0.311 e. The molecular formula is C29H52O9. The fraction of sp³-hybridized carbons (Fsp3) is 0.931. The Morgan fingerprint density at radius 1 is 0.974 bits per heavy atom. The second kappa shape index (κ2) is 12.6. The Hall–Kier alpha value is -1.10. The lowest BCUT2D eigenvalue weighted by Gasteiger charge is -2.45. The Labute approximate surface area is 228 Å². The van der Waals surface area contributed by atoms with Gasteiger partial charge in [0.25, 0.3) is 0 Å². The minimum Gasteiger partial charge on any atom is -0.459 e. The van der Waals surface area contributed by atoms with Crippen LogP contribution in [0.3, 0.4) is 0 Å². The van der Waals surface area contributed by atoms with Crippen molar-refractivity contribution in [2.45, 2.75) is 137 Å². The molecule has 2 saturated heterocycles. The van der Waals surface area contributed by atoms with Gasteiger partial charge in [-0.15, -0.1) is 0 Å². The molecule has 0 radical (unpaired) electrons. The standard InChI is InChI=1S/C29H52O9/c1-11-21-29(10,35)26(32)17(5)23(30)15(3)13-28(9,34)19(7)16(4)25(18(6)27(33)37-21)38-22-12-14(2)24(31)20(8)36-22/h14-22,24-26,31-32,34-35H,11-13H2,1-10H3/t14-,15+,16+,17-,18+,19+,20-,21+,22-,24+,25-,26+,28?,29+/m0/s1. The van der Waals surface area contributed by atoms with Crippen LogP contribution >= 0.6 is 0 Å². The molecule has 222 valence electrons. The summed E-state index contributed by atoms with van der Waals surface area (Å²) in [4.78, 5) is 26.8. The van der Waals surface area contributed by atoms with Gasteiger partial charge in [-0.1, -0.05) is 41.5 Å². The molecular weight excluding hydrogens is 492 g/mol. The lowest BCUT2D eigenvalue weighted by Crippen LogP contribution is -2.57. The van der Waals surface area contributed by atoms with E-state index in [2.05, 4.69) is 0 Å². The van der Waals surface area contributed by atoms with Crippen LogP contribution in [-0.4, -0.2) is 80.2 Å². The quantitative estimate of drug-likeness (QED) is 0.394. The Morgan fingerprint density at radius 3 is 2.08 bits per heavy atom. The third-order valence-corrected chi connectivity index (χ3v) is 9.46. The molecule has 1 unspecified atom stereocenters. The van der Waals surface area contributed by atoms with Crippen LogP contribution in [0.15, 0.2) is 0 Å². The zero-order chi connectivity index (χ0) is 29.3. The number of Topliss-reactive ketones (excluding diaryl/α,β-unsaturated/α-hetero) is 1. The average molecular weight is 545 g/mol. The molecule has 38 heavy (non-hydrogen) atoms. The number of hydrogen-bond acceptors (Lipinski definition) is 9. The first-order valence-corrected chi connectivity index (χ1v) is 14.2. The number of ketones is 1. The van der Waals surface area contributed by atoms with E-state index >= 15 is 0 Å². The Balaban J connectivity index is 2.51. The van der Waals surface area contributed by atoms with Gasteiger partial charge in [-0.25, -0.2) is 0 Å². The molecule has 2 fully saturated rings. The highest BCUT2D eigenvalue weighted by Gasteiger charge is 2.49. The number of aliphatic hydroxyl groups is 4. The molecule has 0 aliphatic carbocycles. The number of carbonyl (C=O) groups excluding carboxylic acids is 2. The minimum absolute atomic E-state index is 0.0738. The first kappa shape index (κ1) is 33.1. The third-order valence-electron chi connectivity index (χ3n) is 9.46. The number of esters is 1. The van der Waals surface area contributed by atoms with Crippen LogP contribution in [0.4, 0.5) is 0 Å². The van der Waals surface area contributed by atoms with E-state index in [9.17, 15) is 30.0 Å². The van der Waals surface area contributed by atoms with Crippen LogP contribution in [-0.2, 0) is 23.8 Å². The molecule has 2 aliphatic rings. The van der Waals surface area contributed by atoms with Gasteiger partial charge in [0.05, 0.1) is 35.9 Å². The second-order valence-corrected chi connectivity index (χ2v) is 12.7. The van der Waals surface area contributed by atoms with Gasteiger partial charge in [0, 0.05) is 18.3 Å². The van der Waals surface area contributed by atoms with Crippen molar-refractivity contribution >= 4 is 11.8 Å².